The minimum absolute atomic E-state index is 0.0328. The molecule has 16 nitrogen and oxygen atoms in total. The van der Waals surface area contributed by atoms with Gasteiger partial charge >= 0.3 is 22.2 Å². The third kappa shape index (κ3) is 6.79. The molecule has 0 amide bonds. The van der Waals surface area contributed by atoms with Crippen molar-refractivity contribution in [1.82, 2.24) is 0 Å². The summed E-state index contributed by atoms with van der Waals surface area (Å²) in [6.07, 6.45) is 0. The zero-order valence-corrected chi connectivity index (χ0v) is 24.4. The number of phenols is 1. The first-order valence-corrected chi connectivity index (χ1v) is 15.5. The molecular formula is C28H19N5O11S2. The number of carbonyl (C=O) groups is 2. The summed E-state index contributed by atoms with van der Waals surface area (Å²) in [5.74, 6) is -3.29. The third-order valence-electron chi connectivity index (χ3n) is 6.42. The molecule has 234 valence electrons. The Bertz CT molecular complexity index is 2340. The Kier molecular flexibility index (Phi) is 8.20. The summed E-state index contributed by atoms with van der Waals surface area (Å²) in [5.41, 5.74) is -1.53. The van der Waals surface area contributed by atoms with Crippen molar-refractivity contribution in [2.45, 2.75) is 4.90 Å². The van der Waals surface area contributed by atoms with Crippen LogP contribution in [-0.2, 0) is 20.4 Å². The van der Waals surface area contributed by atoms with Crippen molar-refractivity contribution in [3.8, 4) is 5.75 Å². The fraction of sp³-hybridized carbons (Fsp3) is 0. The molecule has 0 radical (unpaired) electrons. The van der Waals surface area contributed by atoms with E-state index in [4.69, 9.17) is 0 Å². The predicted molar refractivity (Wildman–Crippen MR) is 163 cm³/mol. The van der Waals surface area contributed by atoms with Crippen molar-refractivity contribution in [2.24, 2.45) is 20.5 Å². The first-order chi connectivity index (χ1) is 21.6. The van der Waals surface area contributed by atoms with Crippen molar-refractivity contribution in [1.29, 1.82) is 0 Å². The van der Waals surface area contributed by atoms with Gasteiger partial charge in [-0.2, -0.15) is 21.9 Å². The number of nitrogens with zero attached hydrogens (tertiary/aromatic N) is 4. The maximum absolute atomic E-state index is 11.9. The summed E-state index contributed by atoms with van der Waals surface area (Å²) in [5, 5.41) is 46.5. The molecule has 5 rings (SSSR count). The van der Waals surface area contributed by atoms with E-state index in [2.05, 4.69) is 20.5 Å². The zero-order valence-electron chi connectivity index (χ0n) is 22.8. The van der Waals surface area contributed by atoms with Crippen molar-refractivity contribution in [2.75, 3.05) is 4.72 Å². The number of aromatic hydroxyl groups is 1. The van der Waals surface area contributed by atoms with E-state index in [0.29, 0.717) is 5.39 Å². The maximum atomic E-state index is 11.9. The molecule has 5 aromatic carbocycles. The molecule has 0 aliphatic rings. The van der Waals surface area contributed by atoms with Crippen LogP contribution in [0.3, 0.4) is 0 Å². The van der Waals surface area contributed by atoms with Crippen molar-refractivity contribution >= 4 is 82.3 Å². The minimum atomic E-state index is -4.82. The molecule has 0 bridgehead atoms. The van der Waals surface area contributed by atoms with E-state index in [1.54, 1.807) is 18.2 Å². The number of rotatable bonds is 9. The minimum Gasteiger partial charge on any atom is -0.505 e. The third-order valence-corrected chi connectivity index (χ3v) is 7.74. The van der Waals surface area contributed by atoms with E-state index in [1.807, 2.05) is 4.72 Å². The van der Waals surface area contributed by atoms with E-state index < -0.39 is 48.7 Å². The lowest BCUT2D eigenvalue weighted by atomic mass is 10.1. The number of fused-ring (bicyclic) bond motifs is 2. The molecule has 0 unspecified atom stereocenters. The number of aromatic carboxylic acids is 2. The Morgan fingerprint density at radius 3 is 1.87 bits per heavy atom. The van der Waals surface area contributed by atoms with E-state index >= 15 is 0 Å². The lowest BCUT2D eigenvalue weighted by Gasteiger charge is -2.11. The highest BCUT2D eigenvalue weighted by atomic mass is 32.2. The van der Waals surface area contributed by atoms with E-state index in [1.165, 1.54) is 30.3 Å². The van der Waals surface area contributed by atoms with Gasteiger partial charge in [0.15, 0.2) is 11.4 Å². The number of phenolic OH excluding ortho intramolecular Hbond substituents is 1. The van der Waals surface area contributed by atoms with Gasteiger partial charge in [-0.15, -0.1) is 15.3 Å². The summed E-state index contributed by atoms with van der Waals surface area (Å²) in [4.78, 5) is 22.4. The summed E-state index contributed by atoms with van der Waals surface area (Å²) < 4.78 is 68.0. The fourth-order valence-electron chi connectivity index (χ4n) is 4.40. The molecule has 0 heterocycles. The monoisotopic (exact) mass is 665 g/mol. The van der Waals surface area contributed by atoms with E-state index in [-0.39, 0.29) is 50.0 Å². The molecule has 0 fully saturated rings. The van der Waals surface area contributed by atoms with Gasteiger partial charge in [-0.1, -0.05) is 30.3 Å². The molecule has 46 heavy (non-hydrogen) atoms. The van der Waals surface area contributed by atoms with Crippen LogP contribution in [0.5, 0.6) is 5.75 Å². The summed E-state index contributed by atoms with van der Waals surface area (Å²) in [7, 11) is -9.53. The largest absolute Gasteiger partial charge is 0.505 e. The number of hydrogen-bond acceptors (Lipinski definition) is 11. The van der Waals surface area contributed by atoms with Gasteiger partial charge in [-0.25, -0.2) is 9.59 Å². The van der Waals surface area contributed by atoms with Crippen LogP contribution < -0.4 is 4.72 Å². The summed E-state index contributed by atoms with van der Waals surface area (Å²) >= 11 is 0. The molecule has 18 heteroatoms. The second-order valence-electron chi connectivity index (χ2n) is 9.48. The van der Waals surface area contributed by atoms with Gasteiger partial charge in [0.05, 0.1) is 38.8 Å². The Labute approximate surface area is 258 Å². The van der Waals surface area contributed by atoms with Gasteiger partial charge in [0.1, 0.15) is 0 Å². The molecule has 0 saturated carbocycles. The van der Waals surface area contributed by atoms with Gasteiger partial charge in [0.2, 0.25) is 0 Å². The lowest BCUT2D eigenvalue weighted by molar-refractivity contribution is 0.0696. The average molecular weight is 666 g/mol. The normalized spacial score (nSPS) is 12.3. The number of anilines is 1. The van der Waals surface area contributed by atoms with Gasteiger partial charge in [0.25, 0.3) is 10.1 Å². The molecule has 0 saturated heterocycles. The second kappa shape index (κ2) is 11.9. The molecule has 0 aliphatic carbocycles. The van der Waals surface area contributed by atoms with Gasteiger partial charge in [0, 0.05) is 16.2 Å². The van der Waals surface area contributed by atoms with Crippen molar-refractivity contribution in [3.63, 3.8) is 0 Å². The first kappa shape index (κ1) is 31.6. The van der Waals surface area contributed by atoms with Crippen LogP contribution >= 0.6 is 0 Å². The Hall–Kier alpha value is -5.82. The molecule has 6 N–H and O–H groups in total. The standard InChI is InChI=1S/C28H19N5O11S2/c34-26-19-4-2-1-3-14(19)12-24(33-46(42,43)44)25(26)32-31-23-8-7-22(20-6-5-18(13-21(20)23)45(39,40)41)30-29-17-10-15(27(35)36)9-16(11-17)28(37)38/h1-13,33-34H,(H,35,36)(H,37,38)(H,39,40,41)(H,42,43,44). The number of carboxylic acids is 2. The highest BCUT2D eigenvalue weighted by Gasteiger charge is 2.18. The topological polar surface area (TPSA) is 265 Å². The van der Waals surface area contributed by atoms with Crippen LogP contribution in [0.2, 0.25) is 0 Å². The SMILES string of the molecule is O=C(O)c1cc(N=Nc2ccc(N=Nc3c(NS(=O)(=O)O)cc4ccccc4c3O)c3cc(S(=O)(=O)O)ccc23)cc(C(=O)O)c1. The van der Waals surface area contributed by atoms with Crippen LogP contribution in [0.4, 0.5) is 28.4 Å². The van der Waals surface area contributed by atoms with Crippen LogP contribution in [0.15, 0.2) is 104 Å². The van der Waals surface area contributed by atoms with Crippen LogP contribution in [-0.4, -0.2) is 53.2 Å². The lowest BCUT2D eigenvalue weighted by Crippen LogP contribution is -2.10. The Morgan fingerprint density at radius 1 is 0.652 bits per heavy atom. The first-order valence-electron chi connectivity index (χ1n) is 12.6. The molecular weight excluding hydrogens is 646 g/mol. The predicted octanol–water partition coefficient (Wildman–Crippen LogP) is 6.39. The van der Waals surface area contributed by atoms with Crippen LogP contribution in [0, 0.1) is 0 Å². The van der Waals surface area contributed by atoms with E-state index in [0.717, 1.165) is 30.3 Å². The Balaban J connectivity index is 1.67. The van der Waals surface area contributed by atoms with Gasteiger partial charge < -0.3 is 15.3 Å². The average Bonchev–Trinajstić information content (AvgIpc) is 2.98. The molecule has 0 aromatic heterocycles. The molecule has 0 spiro atoms. The highest BCUT2D eigenvalue weighted by molar-refractivity contribution is 7.87. The summed E-state index contributed by atoms with van der Waals surface area (Å²) in [6, 6.07) is 16.8. The number of benzene rings is 5. The molecule has 0 atom stereocenters. The summed E-state index contributed by atoms with van der Waals surface area (Å²) in [6.45, 7) is 0. The zero-order chi connectivity index (χ0) is 33.4. The van der Waals surface area contributed by atoms with Gasteiger partial charge in [-0.05, 0) is 53.9 Å². The number of carboxylic acid groups (broad SMARTS) is 2. The number of azo groups is 2. The van der Waals surface area contributed by atoms with Crippen molar-refractivity contribution < 1.29 is 50.8 Å². The van der Waals surface area contributed by atoms with Gasteiger partial charge in [-0.3, -0.25) is 13.8 Å². The quantitative estimate of drug-likeness (QED) is 0.0742. The van der Waals surface area contributed by atoms with Crippen LogP contribution in [0.1, 0.15) is 20.7 Å². The fourth-order valence-corrected chi connectivity index (χ4v) is 5.34. The smallest absolute Gasteiger partial charge is 0.357 e. The Morgan fingerprint density at radius 2 is 1.26 bits per heavy atom. The van der Waals surface area contributed by atoms with E-state index in [9.17, 15) is 50.8 Å². The number of nitrogens with one attached hydrogen (secondary N) is 1. The second-order valence-corrected chi connectivity index (χ2v) is 12.1. The number of hydrogen-bond donors (Lipinski definition) is 6. The highest BCUT2D eigenvalue weighted by Crippen LogP contribution is 2.43. The van der Waals surface area contributed by atoms with Crippen molar-refractivity contribution in [3.05, 3.63) is 90.0 Å². The molecule has 5 aromatic rings. The molecule has 0 aliphatic heterocycles. The van der Waals surface area contributed by atoms with Crippen LogP contribution in [0.25, 0.3) is 21.5 Å². The maximum Gasteiger partial charge on any atom is 0.357 e.